The van der Waals surface area contributed by atoms with Crippen LogP contribution < -0.4 is 16.1 Å². The maximum Gasteiger partial charge on any atom is 0.261 e. The fourth-order valence-corrected chi connectivity index (χ4v) is 4.19. The van der Waals surface area contributed by atoms with Gasteiger partial charge in [0.05, 0.1) is 11.9 Å². The number of hydrogen-bond donors (Lipinski definition) is 4. The third-order valence-electron chi connectivity index (χ3n) is 6.58. The lowest BCUT2D eigenvalue weighted by Crippen LogP contribution is -2.50. The largest absolute Gasteiger partial charge is 0.324 e. The summed E-state index contributed by atoms with van der Waals surface area (Å²) in [7, 11) is -1.52. The van der Waals surface area contributed by atoms with Crippen LogP contribution >= 0.6 is 0 Å². The maximum atomic E-state index is 13.0. The number of aromatic nitrogens is 3. The number of likely N-dealkylation sites (N-methyl/N-ethyl adjacent to an activating group) is 1. The number of benzene rings is 2. The Morgan fingerprint density at radius 3 is 2.40 bits per heavy atom. The van der Waals surface area contributed by atoms with Crippen molar-refractivity contribution < 1.29 is 17.8 Å². The van der Waals surface area contributed by atoms with E-state index in [2.05, 4.69) is 48.0 Å². The summed E-state index contributed by atoms with van der Waals surface area (Å²) in [6.45, 7) is 6.84. The van der Waals surface area contributed by atoms with Gasteiger partial charge < -0.3 is 15.5 Å². The second-order valence-electron chi connectivity index (χ2n) is 10.2. The molecule has 4 N–H and O–H groups in total. The summed E-state index contributed by atoms with van der Waals surface area (Å²) in [6, 6.07) is 19.2. The molecule has 2 aromatic carbocycles. The minimum Gasteiger partial charge on any atom is -0.324 e. The van der Waals surface area contributed by atoms with Gasteiger partial charge in [0.1, 0.15) is 0 Å². The molecule has 1 aliphatic rings. The van der Waals surface area contributed by atoms with Gasteiger partial charge in [0.25, 0.3) is 16.0 Å². The number of hydrogen-bond acceptors (Lipinski definition) is 10. The van der Waals surface area contributed by atoms with E-state index >= 15 is 0 Å². The second-order valence-corrected chi connectivity index (χ2v) is 11.6. The molecule has 0 bridgehead atoms. The van der Waals surface area contributed by atoms with E-state index < -0.39 is 10.1 Å². The minimum atomic E-state index is -3.67. The Morgan fingerprint density at radius 2 is 1.72 bits per heavy atom. The van der Waals surface area contributed by atoms with E-state index in [4.69, 9.17) is 4.55 Å². The fraction of sp³-hybridized carbons (Fsp3) is 0.267. The van der Waals surface area contributed by atoms with Gasteiger partial charge in [0.15, 0.2) is 0 Å². The molecule has 1 saturated heterocycles. The highest BCUT2D eigenvalue weighted by atomic mass is 32.2. The van der Waals surface area contributed by atoms with Gasteiger partial charge in [-0.3, -0.25) is 19.8 Å². The highest BCUT2D eigenvalue weighted by Gasteiger charge is 2.14. The molecule has 226 valence electrons. The van der Waals surface area contributed by atoms with E-state index in [0.717, 1.165) is 66.5 Å². The van der Waals surface area contributed by atoms with Crippen molar-refractivity contribution in [2.45, 2.75) is 13.5 Å². The van der Waals surface area contributed by atoms with E-state index in [1.807, 2.05) is 67.6 Å². The first kappa shape index (κ1) is 31.7. The molecule has 0 unspecified atom stereocenters. The van der Waals surface area contributed by atoms with E-state index in [0.29, 0.717) is 17.8 Å². The number of amides is 1. The standard InChI is InChI=1S/C29H32N8O.CH4O3S/c1-21-5-10-25(33-29-31-13-11-26(35-29)24-4-3-12-30-20-24)18-27(21)34-28(38)23-8-6-22(7-9-23)19-32-37-16-14-36(2)15-17-37;1-5(2,3)4/h3-13,18,20,32H,14-17,19H2,1-2H3,(H,34,38)(H,31,33,35);1H3,(H,2,3,4). The summed E-state index contributed by atoms with van der Waals surface area (Å²) in [5.41, 5.74) is 9.38. The Hall–Kier alpha value is -4.27. The van der Waals surface area contributed by atoms with Crippen LogP contribution in [0.3, 0.4) is 0 Å². The van der Waals surface area contributed by atoms with Crippen LogP contribution in [-0.2, 0) is 16.7 Å². The van der Waals surface area contributed by atoms with Crippen LogP contribution in [-0.4, -0.2) is 83.2 Å². The molecule has 3 heterocycles. The van der Waals surface area contributed by atoms with Crippen LogP contribution in [0, 0.1) is 6.92 Å². The topological polar surface area (TPSA) is 153 Å². The number of pyridine rings is 1. The molecule has 12 nitrogen and oxygen atoms in total. The number of nitrogens with one attached hydrogen (secondary N) is 3. The van der Waals surface area contributed by atoms with Crippen LogP contribution in [0.15, 0.2) is 79.3 Å². The van der Waals surface area contributed by atoms with Crippen molar-refractivity contribution in [3.05, 3.63) is 95.9 Å². The van der Waals surface area contributed by atoms with Crippen molar-refractivity contribution in [1.29, 1.82) is 0 Å². The highest BCUT2D eigenvalue weighted by molar-refractivity contribution is 7.85. The van der Waals surface area contributed by atoms with Crippen molar-refractivity contribution in [3.63, 3.8) is 0 Å². The fourth-order valence-electron chi connectivity index (χ4n) is 4.19. The molecule has 0 aliphatic carbocycles. The van der Waals surface area contributed by atoms with Crippen molar-refractivity contribution >= 4 is 33.3 Å². The highest BCUT2D eigenvalue weighted by Crippen LogP contribution is 2.24. The van der Waals surface area contributed by atoms with Crippen LogP contribution in [0.5, 0.6) is 0 Å². The van der Waals surface area contributed by atoms with E-state index in [1.165, 1.54) is 0 Å². The van der Waals surface area contributed by atoms with Gasteiger partial charge >= 0.3 is 0 Å². The molecule has 1 amide bonds. The summed E-state index contributed by atoms with van der Waals surface area (Å²) in [6.07, 6.45) is 5.92. The number of hydrazine groups is 1. The summed E-state index contributed by atoms with van der Waals surface area (Å²) in [5.74, 6) is 0.312. The summed E-state index contributed by atoms with van der Waals surface area (Å²) >= 11 is 0. The molecule has 0 spiro atoms. The van der Waals surface area contributed by atoms with Gasteiger partial charge in [0.2, 0.25) is 5.95 Å². The third kappa shape index (κ3) is 10.5. The van der Waals surface area contributed by atoms with Crippen molar-refractivity contribution in [2.75, 3.05) is 50.1 Å². The number of rotatable bonds is 8. The van der Waals surface area contributed by atoms with Crippen LogP contribution in [0.2, 0.25) is 0 Å². The zero-order valence-electron chi connectivity index (χ0n) is 24.4. The van der Waals surface area contributed by atoms with Crippen LogP contribution in [0.1, 0.15) is 21.5 Å². The number of aryl methyl sites for hydroxylation is 1. The Bertz CT molecular complexity index is 1600. The van der Waals surface area contributed by atoms with E-state index in [9.17, 15) is 13.2 Å². The first-order valence-corrected chi connectivity index (χ1v) is 15.5. The molecule has 0 radical (unpaired) electrons. The Kier molecular flexibility index (Phi) is 10.9. The predicted octanol–water partition coefficient (Wildman–Crippen LogP) is 3.60. The third-order valence-corrected chi connectivity index (χ3v) is 6.58. The lowest BCUT2D eigenvalue weighted by atomic mass is 10.1. The van der Waals surface area contributed by atoms with Gasteiger partial charge in [-0.25, -0.2) is 15.0 Å². The molecule has 0 saturated carbocycles. The average Bonchev–Trinajstić information content (AvgIpc) is 2.98. The molecule has 4 aromatic rings. The normalized spacial score (nSPS) is 14.0. The quantitative estimate of drug-likeness (QED) is 0.218. The Balaban J connectivity index is 0.000000782. The number of nitrogens with zero attached hydrogens (tertiary/aromatic N) is 5. The van der Waals surface area contributed by atoms with Crippen molar-refractivity contribution in [1.82, 2.24) is 30.3 Å². The van der Waals surface area contributed by atoms with Gasteiger partial charge in [0, 0.05) is 73.8 Å². The zero-order valence-corrected chi connectivity index (χ0v) is 25.2. The maximum absolute atomic E-state index is 13.0. The molecular weight excluding hydrogens is 568 g/mol. The van der Waals surface area contributed by atoms with E-state index in [1.54, 1.807) is 18.6 Å². The number of anilines is 3. The smallest absolute Gasteiger partial charge is 0.261 e. The molecule has 1 fully saturated rings. The first-order valence-electron chi connectivity index (χ1n) is 13.6. The Labute approximate surface area is 251 Å². The zero-order chi connectivity index (χ0) is 30.8. The first-order chi connectivity index (χ1) is 20.5. The Morgan fingerprint density at radius 1 is 1.00 bits per heavy atom. The van der Waals surface area contributed by atoms with Gasteiger partial charge in [-0.2, -0.15) is 8.42 Å². The molecule has 1 aliphatic heterocycles. The average molecular weight is 605 g/mol. The molecule has 13 heteroatoms. The number of carbonyl (C=O) groups excluding carboxylic acids is 1. The molecule has 0 atom stereocenters. The van der Waals surface area contributed by atoms with E-state index in [-0.39, 0.29) is 5.91 Å². The van der Waals surface area contributed by atoms with Crippen LogP contribution in [0.25, 0.3) is 11.3 Å². The van der Waals surface area contributed by atoms with Gasteiger partial charge in [-0.15, -0.1) is 0 Å². The minimum absolute atomic E-state index is 0.154. The summed E-state index contributed by atoms with van der Waals surface area (Å²) < 4.78 is 25.9. The van der Waals surface area contributed by atoms with Crippen LogP contribution in [0.4, 0.5) is 17.3 Å². The lowest BCUT2D eigenvalue weighted by Gasteiger charge is -2.32. The summed E-state index contributed by atoms with van der Waals surface area (Å²) in [5, 5.41) is 8.53. The van der Waals surface area contributed by atoms with Crippen molar-refractivity contribution in [2.24, 2.45) is 0 Å². The molecule has 2 aromatic heterocycles. The van der Waals surface area contributed by atoms with Gasteiger partial charge in [-0.05, 0) is 67.6 Å². The van der Waals surface area contributed by atoms with Crippen molar-refractivity contribution in [3.8, 4) is 11.3 Å². The predicted molar refractivity (Wildman–Crippen MR) is 168 cm³/mol. The second kappa shape index (κ2) is 14.8. The lowest BCUT2D eigenvalue weighted by molar-refractivity contribution is 0.102. The monoisotopic (exact) mass is 604 g/mol. The molecule has 5 rings (SSSR count). The van der Waals surface area contributed by atoms with Gasteiger partial charge in [-0.1, -0.05) is 18.2 Å². The SMILES string of the molecule is CS(=O)(=O)O.Cc1ccc(Nc2nccc(-c3cccnc3)n2)cc1NC(=O)c1ccc(CNN2CCN(C)CC2)cc1. The number of carbonyl (C=O) groups is 1. The summed E-state index contributed by atoms with van der Waals surface area (Å²) in [4.78, 5) is 28.4. The molecular formula is C30H36N8O4S. The molecule has 43 heavy (non-hydrogen) atoms. The number of piperazine rings is 1.